The number of anilines is 1. The summed E-state index contributed by atoms with van der Waals surface area (Å²) < 4.78 is 53.8. The maximum atomic E-state index is 12.7. The van der Waals surface area contributed by atoms with Crippen LogP contribution in [0.2, 0.25) is 0 Å². The van der Waals surface area contributed by atoms with Crippen LogP contribution in [-0.2, 0) is 9.94 Å². The molecule has 0 atom stereocenters. The van der Waals surface area contributed by atoms with Gasteiger partial charge in [0.1, 0.15) is 11.4 Å². The standard InChI is InChI=1S/C22H26F3N4O5P/c1-11-5-17(19-28-29-20(33-19)26-12-6-14(7-12)34-35(30)31)27-18-15(11)8-13(32-10-22(23,24)25)9-16(18)21(2,3)4/h5,8-9,12,14,30-31H,6-7,10H2,1-4H3,(H,26,29). The van der Waals surface area contributed by atoms with E-state index >= 15 is 0 Å². The molecule has 13 heteroatoms. The lowest BCUT2D eigenvalue weighted by Gasteiger charge is -2.34. The Morgan fingerprint density at radius 1 is 1.14 bits per heavy atom. The molecule has 1 saturated carbocycles. The quantitative estimate of drug-likeness (QED) is 0.374. The first-order valence-electron chi connectivity index (χ1n) is 10.9. The first-order valence-corrected chi connectivity index (χ1v) is 12.1. The second-order valence-corrected chi connectivity index (χ2v) is 10.3. The van der Waals surface area contributed by atoms with Crippen LogP contribution in [0.5, 0.6) is 5.75 Å². The van der Waals surface area contributed by atoms with E-state index in [4.69, 9.17) is 28.4 Å². The second-order valence-electron chi connectivity index (χ2n) is 9.55. The van der Waals surface area contributed by atoms with Crippen LogP contribution in [0.4, 0.5) is 19.2 Å². The van der Waals surface area contributed by atoms with Crippen molar-refractivity contribution in [3.63, 3.8) is 0 Å². The fraction of sp³-hybridized carbons (Fsp3) is 0.500. The van der Waals surface area contributed by atoms with E-state index in [9.17, 15) is 13.2 Å². The summed E-state index contributed by atoms with van der Waals surface area (Å²) in [5, 5.41) is 11.8. The molecule has 3 aromatic rings. The van der Waals surface area contributed by atoms with Gasteiger partial charge in [-0.3, -0.25) is 0 Å². The number of hydrogen-bond donors (Lipinski definition) is 3. The monoisotopic (exact) mass is 514 g/mol. The first kappa shape index (κ1) is 25.6. The number of pyridine rings is 1. The van der Waals surface area contributed by atoms with Gasteiger partial charge in [-0.1, -0.05) is 25.9 Å². The van der Waals surface area contributed by atoms with Crippen molar-refractivity contribution in [1.82, 2.24) is 15.2 Å². The molecule has 0 saturated heterocycles. The summed E-state index contributed by atoms with van der Waals surface area (Å²) in [6.45, 7) is 6.29. The zero-order valence-corrected chi connectivity index (χ0v) is 20.4. The molecule has 190 valence electrons. The minimum atomic E-state index is -4.44. The third-order valence-electron chi connectivity index (χ3n) is 5.61. The van der Waals surface area contributed by atoms with Gasteiger partial charge in [0, 0.05) is 11.4 Å². The van der Waals surface area contributed by atoms with Crippen LogP contribution in [0.3, 0.4) is 0 Å². The molecule has 0 amide bonds. The molecule has 1 aromatic carbocycles. The van der Waals surface area contributed by atoms with Crippen LogP contribution in [-0.4, -0.2) is 49.9 Å². The Morgan fingerprint density at radius 3 is 2.49 bits per heavy atom. The first-order chi connectivity index (χ1) is 16.3. The van der Waals surface area contributed by atoms with Crippen LogP contribution >= 0.6 is 8.60 Å². The third-order valence-corrected chi connectivity index (χ3v) is 6.10. The molecular weight excluding hydrogens is 488 g/mol. The topological polar surface area (TPSA) is 123 Å². The molecule has 35 heavy (non-hydrogen) atoms. The predicted octanol–water partition coefficient (Wildman–Crippen LogP) is 5.00. The highest BCUT2D eigenvalue weighted by Crippen LogP contribution is 2.38. The van der Waals surface area contributed by atoms with Gasteiger partial charge in [-0.05, 0) is 54.5 Å². The average Bonchev–Trinajstić information content (AvgIpc) is 3.17. The molecule has 4 rings (SSSR count). The Labute approximate surface area is 200 Å². The maximum Gasteiger partial charge on any atom is 0.422 e. The van der Waals surface area contributed by atoms with Gasteiger partial charge in [-0.2, -0.15) is 13.2 Å². The Bertz CT molecular complexity index is 1210. The molecule has 2 aromatic heterocycles. The van der Waals surface area contributed by atoms with Crippen LogP contribution in [0.25, 0.3) is 22.5 Å². The molecule has 0 spiro atoms. The van der Waals surface area contributed by atoms with E-state index in [-0.39, 0.29) is 29.8 Å². The van der Waals surface area contributed by atoms with Crippen molar-refractivity contribution in [3.8, 4) is 17.3 Å². The van der Waals surface area contributed by atoms with Crippen molar-refractivity contribution in [2.75, 3.05) is 11.9 Å². The number of nitrogens with zero attached hydrogens (tertiary/aromatic N) is 3. The van der Waals surface area contributed by atoms with E-state index in [2.05, 4.69) is 15.5 Å². The summed E-state index contributed by atoms with van der Waals surface area (Å²) in [6.07, 6.45) is -3.54. The van der Waals surface area contributed by atoms with E-state index < -0.39 is 26.8 Å². The number of fused-ring (bicyclic) bond motifs is 1. The Morgan fingerprint density at radius 2 is 1.86 bits per heavy atom. The normalized spacial score (nSPS) is 18.7. The molecule has 1 aliphatic rings. The second kappa shape index (κ2) is 9.50. The van der Waals surface area contributed by atoms with Crippen LogP contribution < -0.4 is 10.1 Å². The van der Waals surface area contributed by atoms with Gasteiger partial charge in [0.2, 0.25) is 0 Å². The fourth-order valence-corrected chi connectivity index (χ4v) is 4.30. The predicted molar refractivity (Wildman–Crippen MR) is 123 cm³/mol. The van der Waals surface area contributed by atoms with Crippen LogP contribution in [0, 0.1) is 6.92 Å². The van der Waals surface area contributed by atoms with E-state index in [0.717, 1.165) is 11.1 Å². The van der Waals surface area contributed by atoms with Crippen LogP contribution in [0.1, 0.15) is 44.7 Å². The Hall–Kier alpha value is -2.53. The van der Waals surface area contributed by atoms with Crippen molar-refractivity contribution >= 4 is 25.5 Å². The van der Waals surface area contributed by atoms with Crippen molar-refractivity contribution < 1.29 is 36.6 Å². The summed E-state index contributed by atoms with van der Waals surface area (Å²) in [4.78, 5) is 22.5. The molecule has 0 bridgehead atoms. The number of hydrogen-bond acceptors (Lipinski definition) is 9. The van der Waals surface area contributed by atoms with Gasteiger partial charge in [0.15, 0.2) is 6.61 Å². The molecule has 0 aliphatic heterocycles. The van der Waals surface area contributed by atoms with Crippen molar-refractivity contribution in [2.24, 2.45) is 0 Å². The Kier molecular flexibility index (Phi) is 6.93. The number of ether oxygens (including phenoxy) is 1. The molecular formula is C22H26F3N4O5P. The number of benzene rings is 1. The average molecular weight is 514 g/mol. The van der Waals surface area contributed by atoms with Gasteiger partial charge in [-0.15, -0.1) is 5.10 Å². The SMILES string of the molecule is Cc1cc(-c2nnc(NC3CC(OP(O)O)C3)o2)nc2c(C(C)(C)C)cc(OCC(F)(F)F)cc12. The van der Waals surface area contributed by atoms with Crippen molar-refractivity contribution in [3.05, 3.63) is 29.3 Å². The number of alkyl halides is 3. The van der Waals surface area contributed by atoms with E-state index in [0.29, 0.717) is 29.4 Å². The van der Waals surface area contributed by atoms with Gasteiger partial charge in [-0.25, -0.2) is 4.98 Å². The van der Waals surface area contributed by atoms with E-state index in [1.165, 1.54) is 0 Å². The highest BCUT2D eigenvalue weighted by molar-refractivity contribution is 7.39. The molecule has 0 unspecified atom stereocenters. The molecule has 9 nitrogen and oxygen atoms in total. The molecule has 1 aliphatic carbocycles. The smallest absolute Gasteiger partial charge is 0.422 e. The highest BCUT2D eigenvalue weighted by Gasteiger charge is 2.33. The lowest BCUT2D eigenvalue weighted by Crippen LogP contribution is -2.40. The summed E-state index contributed by atoms with van der Waals surface area (Å²) >= 11 is 0. The summed E-state index contributed by atoms with van der Waals surface area (Å²) in [5.41, 5.74) is 2.11. The highest BCUT2D eigenvalue weighted by atomic mass is 31.2. The number of aryl methyl sites for hydroxylation is 1. The van der Waals surface area contributed by atoms with Crippen LogP contribution in [0.15, 0.2) is 22.6 Å². The summed E-state index contributed by atoms with van der Waals surface area (Å²) in [5.74, 6) is 0.315. The minimum Gasteiger partial charge on any atom is -0.484 e. The molecule has 1 fully saturated rings. The maximum absolute atomic E-state index is 12.7. The molecule has 2 heterocycles. The zero-order valence-electron chi connectivity index (χ0n) is 19.5. The minimum absolute atomic E-state index is 0.00263. The lowest BCUT2D eigenvalue weighted by molar-refractivity contribution is -0.153. The van der Waals surface area contributed by atoms with Crippen molar-refractivity contribution in [2.45, 2.75) is 64.3 Å². The Balaban J connectivity index is 1.60. The van der Waals surface area contributed by atoms with Gasteiger partial charge in [0.05, 0.1) is 11.6 Å². The number of nitrogens with one attached hydrogen (secondary N) is 1. The molecule has 0 radical (unpaired) electrons. The van der Waals surface area contributed by atoms with E-state index in [1.807, 2.05) is 27.7 Å². The van der Waals surface area contributed by atoms with Gasteiger partial charge >= 0.3 is 20.8 Å². The lowest BCUT2D eigenvalue weighted by atomic mass is 9.84. The molecule has 3 N–H and O–H groups in total. The summed E-state index contributed by atoms with van der Waals surface area (Å²) in [6, 6.07) is 5.08. The van der Waals surface area contributed by atoms with Gasteiger partial charge < -0.3 is 28.8 Å². The summed E-state index contributed by atoms with van der Waals surface area (Å²) in [7, 11) is -2.38. The van der Waals surface area contributed by atoms with Gasteiger partial charge in [0.25, 0.3) is 5.89 Å². The number of aromatic nitrogens is 3. The number of rotatable bonds is 7. The number of halogens is 3. The van der Waals surface area contributed by atoms with E-state index in [1.54, 1.807) is 18.2 Å². The largest absolute Gasteiger partial charge is 0.484 e. The van der Waals surface area contributed by atoms with Crippen molar-refractivity contribution in [1.29, 1.82) is 0 Å². The third kappa shape index (κ3) is 6.19. The zero-order chi connectivity index (χ0) is 25.5. The fourth-order valence-electron chi connectivity index (χ4n) is 3.86.